The van der Waals surface area contributed by atoms with Crippen LogP contribution >= 0.6 is 0 Å². The Morgan fingerprint density at radius 2 is 1.70 bits per heavy atom. The van der Waals surface area contributed by atoms with Gasteiger partial charge in [0.25, 0.3) is 6.47 Å². The lowest BCUT2D eigenvalue weighted by Crippen LogP contribution is -2.03. The van der Waals surface area contributed by atoms with Crippen LogP contribution in [0.5, 0.6) is 11.5 Å². The van der Waals surface area contributed by atoms with Crippen molar-refractivity contribution in [3.63, 3.8) is 0 Å². The molecular weight excluding hydrogens is 394 g/mol. The SMILES string of the molecule is COc1ccc2c(-c3ccc(O)c(C)c3)ccnc2c1.O=C(O)CC(=O)O.O=CO. The Bertz CT molecular complexity index is 1020. The first-order chi connectivity index (χ1) is 14.2. The number of pyridine rings is 1. The van der Waals surface area contributed by atoms with Crippen molar-refractivity contribution in [2.24, 2.45) is 0 Å². The van der Waals surface area contributed by atoms with E-state index in [-0.39, 0.29) is 6.47 Å². The number of methoxy groups -OCH3 is 1. The Labute approximate surface area is 171 Å². The zero-order valence-electron chi connectivity index (χ0n) is 16.3. The largest absolute Gasteiger partial charge is 0.508 e. The molecule has 3 aromatic rings. The molecule has 0 fully saturated rings. The maximum atomic E-state index is 9.64. The normalized spacial score (nSPS) is 9.40. The third-order valence-corrected chi connectivity index (χ3v) is 3.76. The molecule has 0 saturated carbocycles. The number of carbonyl (C=O) groups is 3. The molecule has 0 aliphatic carbocycles. The van der Waals surface area contributed by atoms with Gasteiger partial charge in [0, 0.05) is 17.6 Å². The molecule has 0 atom stereocenters. The number of aryl methyl sites for hydroxylation is 1. The summed E-state index contributed by atoms with van der Waals surface area (Å²) in [6, 6.07) is 13.5. The van der Waals surface area contributed by atoms with Crippen molar-refractivity contribution in [1.29, 1.82) is 0 Å². The number of phenolic OH excluding ortho intramolecular Hbond substituents is 1. The second kappa shape index (κ2) is 11.6. The summed E-state index contributed by atoms with van der Waals surface area (Å²) in [5.41, 5.74) is 3.92. The third kappa shape index (κ3) is 7.12. The average Bonchev–Trinajstić information content (AvgIpc) is 2.69. The van der Waals surface area contributed by atoms with Gasteiger partial charge in [-0.2, -0.15) is 0 Å². The minimum atomic E-state index is -1.31. The minimum Gasteiger partial charge on any atom is -0.508 e. The monoisotopic (exact) mass is 415 g/mol. The molecule has 0 aliphatic rings. The van der Waals surface area contributed by atoms with Crippen LogP contribution in [0, 0.1) is 6.92 Å². The molecule has 2 aromatic carbocycles. The van der Waals surface area contributed by atoms with Crippen LogP contribution in [0.2, 0.25) is 0 Å². The van der Waals surface area contributed by atoms with Crippen LogP contribution in [0.3, 0.4) is 0 Å². The summed E-state index contributed by atoms with van der Waals surface area (Å²) in [4.78, 5) is 31.6. The Kier molecular flexibility index (Phi) is 9.28. The van der Waals surface area contributed by atoms with E-state index in [1.54, 1.807) is 19.4 Å². The highest BCUT2D eigenvalue weighted by molar-refractivity contribution is 5.95. The van der Waals surface area contributed by atoms with E-state index in [9.17, 15) is 14.7 Å². The van der Waals surface area contributed by atoms with Gasteiger partial charge in [0.1, 0.15) is 17.9 Å². The second-order valence-corrected chi connectivity index (χ2v) is 5.81. The smallest absolute Gasteiger partial charge is 0.314 e. The summed E-state index contributed by atoms with van der Waals surface area (Å²) in [5.74, 6) is -1.52. The van der Waals surface area contributed by atoms with Gasteiger partial charge in [-0.15, -0.1) is 0 Å². The van der Waals surface area contributed by atoms with Gasteiger partial charge in [0.05, 0.1) is 12.6 Å². The molecular formula is C21H21NO8. The highest BCUT2D eigenvalue weighted by atomic mass is 16.5. The molecule has 0 saturated heterocycles. The number of aliphatic carboxylic acids is 2. The Balaban J connectivity index is 0.000000380. The zero-order valence-corrected chi connectivity index (χ0v) is 16.3. The summed E-state index contributed by atoms with van der Waals surface area (Å²) >= 11 is 0. The molecule has 4 N–H and O–H groups in total. The number of carboxylic acids is 2. The number of hydrogen-bond acceptors (Lipinski definition) is 6. The first-order valence-electron chi connectivity index (χ1n) is 8.47. The fourth-order valence-electron chi connectivity index (χ4n) is 2.46. The number of carboxylic acid groups (broad SMARTS) is 3. The molecule has 3 rings (SSSR count). The molecule has 9 heteroatoms. The lowest BCUT2D eigenvalue weighted by atomic mass is 9.99. The van der Waals surface area contributed by atoms with Gasteiger partial charge in [-0.3, -0.25) is 19.4 Å². The quantitative estimate of drug-likeness (QED) is 0.371. The number of aromatic hydroxyl groups is 1. The van der Waals surface area contributed by atoms with Crippen LogP contribution in [-0.2, 0) is 14.4 Å². The van der Waals surface area contributed by atoms with E-state index in [2.05, 4.69) is 4.98 Å². The van der Waals surface area contributed by atoms with Crippen molar-refractivity contribution in [3.05, 3.63) is 54.2 Å². The van der Waals surface area contributed by atoms with Crippen LogP contribution < -0.4 is 4.74 Å². The van der Waals surface area contributed by atoms with Crippen LogP contribution in [0.4, 0.5) is 0 Å². The van der Waals surface area contributed by atoms with Gasteiger partial charge in [0.2, 0.25) is 0 Å². The first-order valence-corrected chi connectivity index (χ1v) is 8.47. The highest BCUT2D eigenvalue weighted by Gasteiger charge is 2.07. The molecule has 30 heavy (non-hydrogen) atoms. The van der Waals surface area contributed by atoms with E-state index < -0.39 is 18.4 Å². The Hall–Kier alpha value is -4.14. The Morgan fingerprint density at radius 1 is 1.07 bits per heavy atom. The standard InChI is InChI=1S/C17H15NO2.C3H4O4.CH2O2/c1-11-9-12(3-6-17(11)19)14-7-8-18-16-10-13(20-2)4-5-15(14)16;4-2(5)1-3(6)7;2-1-3/h3-10,19H,1-2H3;1H2,(H,4,5)(H,6,7);1H,(H,2,3). The van der Waals surface area contributed by atoms with Crippen molar-refractivity contribution in [2.75, 3.05) is 7.11 Å². The van der Waals surface area contributed by atoms with Crippen LogP contribution in [-0.4, -0.2) is 50.9 Å². The second-order valence-electron chi connectivity index (χ2n) is 5.81. The summed E-state index contributed by atoms with van der Waals surface area (Å²) < 4.78 is 5.23. The van der Waals surface area contributed by atoms with Crippen molar-refractivity contribution < 1.29 is 39.5 Å². The van der Waals surface area contributed by atoms with Gasteiger partial charge in [-0.1, -0.05) is 6.07 Å². The summed E-state index contributed by atoms with van der Waals surface area (Å²) in [5, 5.41) is 33.0. The maximum Gasteiger partial charge on any atom is 0.314 e. The van der Waals surface area contributed by atoms with Crippen LogP contribution in [0.25, 0.3) is 22.0 Å². The molecule has 0 aliphatic heterocycles. The predicted octanol–water partition coefficient (Wildman–Crippen LogP) is 3.17. The number of aromatic nitrogens is 1. The van der Waals surface area contributed by atoms with E-state index >= 15 is 0 Å². The number of benzene rings is 2. The first kappa shape index (κ1) is 23.9. The summed E-state index contributed by atoms with van der Waals surface area (Å²) in [6.07, 6.45) is 0.985. The zero-order chi connectivity index (χ0) is 22.7. The number of hydrogen-bond donors (Lipinski definition) is 4. The molecule has 0 bridgehead atoms. The molecule has 0 radical (unpaired) electrons. The number of ether oxygens (including phenoxy) is 1. The number of nitrogens with zero attached hydrogens (tertiary/aromatic N) is 1. The van der Waals surface area contributed by atoms with E-state index in [1.165, 1.54) is 0 Å². The van der Waals surface area contributed by atoms with Crippen molar-refractivity contribution >= 4 is 29.3 Å². The number of phenols is 1. The molecule has 1 aromatic heterocycles. The van der Waals surface area contributed by atoms with Gasteiger partial charge in [-0.25, -0.2) is 0 Å². The lowest BCUT2D eigenvalue weighted by Gasteiger charge is -2.09. The van der Waals surface area contributed by atoms with Gasteiger partial charge >= 0.3 is 11.9 Å². The molecule has 158 valence electrons. The lowest BCUT2D eigenvalue weighted by molar-refractivity contribution is -0.147. The minimum absolute atomic E-state index is 0.250. The third-order valence-electron chi connectivity index (χ3n) is 3.76. The van der Waals surface area contributed by atoms with Crippen molar-refractivity contribution in [2.45, 2.75) is 13.3 Å². The average molecular weight is 415 g/mol. The van der Waals surface area contributed by atoms with Crippen molar-refractivity contribution in [1.82, 2.24) is 4.98 Å². The fraction of sp³-hybridized carbons (Fsp3) is 0.143. The van der Waals surface area contributed by atoms with Crippen LogP contribution in [0.1, 0.15) is 12.0 Å². The fourth-order valence-corrected chi connectivity index (χ4v) is 2.46. The van der Waals surface area contributed by atoms with Gasteiger partial charge < -0.3 is 25.2 Å². The van der Waals surface area contributed by atoms with Crippen LogP contribution in [0.15, 0.2) is 48.7 Å². The molecule has 0 unspecified atom stereocenters. The molecule has 0 amide bonds. The van der Waals surface area contributed by atoms with Gasteiger partial charge in [0.15, 0.2) is 0 Å². The Morgan fingerprint density at radius 3 is 2.20 bits per heavy atom. The van der Waals surface area contributed by atoms with E-state index in [1.807, 2.05) is 43.3 Å². The van der Waals surface area contributed by atoms with Crippen molar-refractivity contribution in [3.8, 4) is 22.6 Å². The number of rotatable bonds is 4. The molecule has 1 heterocycles. The topological polar surface area (TPSA) is 154 Å². The van der Waals surface area contributed by atoms with Gasteiger partial charge in [-0.05, 0) is 53.9 Å². The predicted molar refractivity (Wildman–Crippen MR) is 109 cm³/mol. The maximum absolute atomic E-state index is 9.64. The molecule has 0 spiro atoms. The molecule has 9 nitrogen and oxygen atoms in total. The highest BCUT2D eigenvalue weighted by Crippen LogP contribution is 2.31. The summed E-state index contributed by atoms with van der Waals surface area (Å²) in [7, 11) is 1.65. The van der Waals surface area contributed by atoms with E-state index in [4.69, 9.17) is 24.9 Å². The number of fused-ring (bicyclic) bond motifs is 1. The van der Waals surface area contributed by atoms with E-state index in [0.717, 1.165) is 33.3 Å². The van der Waals surface area contributed by atoms with E-state index in [0.29, 0.717) is 5.75 Å². The summed E-state index contributed by atoms with van der Waals surface area (Å²) in [6.45, 7) is 1.64.